The first-order chi connectivity index (χ1) is 12.2. The molecule has 8 nitrogen and oxygen atoms in total. The monoisotopic (exact) mass is 339 g/mol. The molecular formula is C17H21N7O. The number of piperazine rings is 1. The van der Waals surface area contributed by atoms with Gasteiger partial charge in [0.1, 0.15) is 17.5 Å². The highest BCUT2D eigenvalue weighted by molar-refractivity contribution is 5.43. The van der Waals surface area contributed by atoms with Crippen molar-refractivity contribution >= 4 is 5.82 Å². The maximum Gasteiger partial charge on any atom is 0.230 e. The zero-order valence-electron chi connectivity index (χ0n) is 14.5. The Labute approximate surface area is 146 Å². The Morgan fingerprint density at radius 3 is 2.52 bits per heavy atom. The molecule has 3 aromatic rings. The van der Waals surface area contributed by atoms with Gasteiger partial charge < -0.3 is 9.32 Å². The van der Waals surface area contributed by atoms with Crippen LogP contribution in [0.5, 0.6) is 0 Å². The van der Waals surface area contributed by atoms with E-state index in [1.54, 1.807) is 6.20 Å². The van der Waals surface area contributed by atoms with Crippen molar-refractivity contribution in [3.05, 3.63) is 48.2 Å². The van der Waals surface area contributed by atoms with E-state index in [4.69, 9.17) is 9.40 Å². The summed E-state index contributed by atoms with van der Waals surface area (Å²) in [6.07, 6.45) is 3.73. The van der Waals surface area contributed by atoms with Gasteiger partial charge in [0, 0.05) is 45.5 Å². The molecule has 0 bridgehead atoms. The Kier molecular flexibility index (Phi) is 4.19. The molecule has 4 rings (SSSR count). The number of hydrogen-bond donors (Lipinski definition) is 0. The van der Waals surface area contributed by atoms with Crippen molar-refractivity contribution in [2.45, 2.75) is 20.4 Å². The average molecular weight is 339 g/mol. The van der Waals surface area contributed by atoms with Crippen LogP contribution in [0, 0.1) is 13.8 Å². The van der Waals surface area contributed by atoms with E-state index in [0.29, 0.717) is 18.3 Å². The first-order valence-corrected chi connectivity index (χ1v) is 8.43. The van der Waals surface area contributed by atoms with Crippen LogP contribution in [0.3, 0.4) is 0 Å². The second kappa shape index (κ2) is 6.64. The van der Waals surface area contributed by atoms with E-state index >= 15 is 0 Å². The van der Waals surface area contributed by atoms with Gasteiger partial charge in [0.15, 0.2) is 0 Å². The number of aromatic nitrogens is 5. The molecule has 0 N–H and O–H groups in total. The van der Waals surface area contributed by atoms with Crippen LogP contribution in [0.1, 0.15) is 17.6 Å². The van der Waals surface area contributed by atoms with Gasteiger partial charge in [-0.05, 0) is 19.1 Å². The molecule has 0 unspecified atom stereocenters. The van der Waals surface area contributed by atoms with E-state index in [9.17, 15) is 0 Å². The van der Waals surface area contributed by atoms with Gasteiger partial charge in [-0.25, -0.2) is 9.97 Å². The fraction of sp³-hybridized carbons (Fsp3) is 0.412. The molecule has 1 aliphatic rings. The maximum atomic E-state index is 5.47. The topological polar surface area (TPSA) is 76.1 Å². The summed E-state index contributed by atoms with van der Waals surface area (Å²) in [5.41, 5.74) is 0. The molecule has 0 saturated carbocycles. The Morgan fingerprint density at radius 1 is 1.04 bits per heavy atom. The van der Waals surface area contributed by atoms with E-state index in [-0.39, 0.29) is 0 Å². The van der Waals surface area contributed by atoms with Gasteiger partial charge in [-0.3, -0.25) is 9.47 Å². The molecule has 0 atom stereocenters. The zero-order chi connectivity index (χ0) is 17.2. The van der Waals surface area contributed by atoms with Crippen LogP contribution >= 0.6 is 0 Å². The predicted molar refractivity (Wildman–Crippen MR) is 92.6 cm³/mol. The molecule has 3 aromatic heterocycles. The first-order valence-electron chi connectivity index (χ1n) is 8.43. The van der Waals surface area contributed by atoms with Crippen molar-refractivity contribution in [2.24, 2.45) is 0 Å². The summed E-state index contributed by atoms with van der Waals surface area (Å²) in [5.74, 6) is 4.13. The Morgan fingerprint density at radius 2 is 1.84 bits per heavy atom. The maximum absolute atomic E-state index is 5.47. The molecule has 0 radical (unpaired) electrons. The van der Waals surface area contributed by atoms with E-state index in [1.165, 1.54) is 0 Å². The van der Waals surface area contributed by atoms with Gasteiger partial charge in [0.05, 0.1) is 6.54 Å². The number of pyridine rings is 1. The minimum atomic E-state index is 0.615. The van der Waals surface area contributed by atoms with Gasteiger partial charge in [-0.1, -0.05) is 6.07 Å². The highest BCUT2D eigenvalue weighted by Gasteiger charge is 2.20. The molecule has 0 aliphatic carbocycles. The summed E-state index contributed by atoms with van der Waals surface area (Å²) in [6, 6.07) is 6.11. The fourth-order valence-corrected chi connectivity index (χ4v) is 3.07. The lowest BCUT2D eigenvalue weighted by molar-refractivity contribution is 0.224. The fourth-order valence-electron chi connectivity index (χ4n) is 3.07. The van der Waals surface area contributed by atoms with E-state index in [2.05, 4.69) is 31.0 Å². The van der Waals surface area contributed by atoms with Crippen LogP contribution in [0.15, 0.2) is 35.0 Å². The second-order valence-corrected chi connectivity index (χ2v) is 6.18. The smallest absolute Gasteiger partial charge is 0.230 e. The molecule has 130 valence electrons. The van der Waals surface area contributed by atoms with Crippen LogP contribution in [-0.2, 0) is 6.54 Å². The molecule has 25 heavy (non-hydrogen) atoms. The van der Waals surface area contributed by atoms with Crippen LogP contribution in [0.25, 0.3) is 5.82 Å². The number of anilines is 1. The summed E-state index contributed by atoms with van der Waals surface area (Å²) in [4.78, 5) is 13.7. The molecule has 1 fully saturated rings. The molecule has 1 saturated heterocycles. The van der Waals surface area contributed by atoms with Crippen LogP contribution in [0.2, 0.25) is 0 Å². The third-order valence-electron chi connectivity index (χ3n) is 4.42. The van der Waals surface area contributed by atoms with E-state index < -0.39 is 0 Å². The normalized spacial score (nSPS) is 15.7. The Bertz CT molecular complexity index is 848. The van der Waals surface area contributed by atoms with Gasteiger partial charge in [0.2, 0.25) is 11.8 Å². The van der Waals surface area contributed by atoms with Crippen molar-refractivity contribution in [1.29, 1.82) is 0 Å². The van der Waals surface area contributed by atoms with Crippen molar-refractivity contribution in [3.8, 4) is 5.82 Å². The third-order valence-corrected chi connectivity index (χ3v) is 4.42. The van der Waals surface area contributed by atoms with Crippen molar-refractivity contribution in [3.63, 3.8) is 0 Å². The predicted octanol–water partition coefficient (Wildman–Crippen LogP) is 1.59. The lowest BCUT2D eigenvalue weighted by Gasteiger charge is -2.34. The standard InChI is InChI=1S/C17H21N7O/c1-13-18-6-7-24(13)16-5-3-4-15(19-16)23-10-8-22(9-11-23)12-17-21-20-14(2)25-17/h3-7H,8-12H2,1-2H3. The van der Waals surface area contributed by atoms with Crippen LogP contribution < -0.4 is 4.90 Å². The SMILES string of the molecule is Cc1nnc(CN2CCN(c3cccc(-n4ccnc4C)n3)CC2)o1. The number of imidazole rings is 1. The molecule has 8 heteroatoms. The molecule has 1 aliphatic heterocycles. The Hall–Kier alpha value is -2.74. The molecule has 0 amide bonds. The number of rotatable bonds is 4. The molecular weight excluding hydrogens is 318 g/mol. The molecule has 0 spiro atoms. The largest absolute Gasteiger partial charge is 0.424 e. The highest BCUT2D eigenvalue weighted by atomic mass is 16.4. The van der Waals surface area contributed by atoms with Crippen LogP contribution in [0.4, 0.5) is 5.82 Å². The van der Waals surface area contributed by atoms with Gasteiger partial charge in [0.25, 0.3) is 0 Å². The highest BCUT2D eigenvalue weighted by Crippen LogP contribution is 2.17. The van der Waals surface area contributed by atoms with E-state index in [1.807, 2.05) is 36.7 Å². The minimum Gasteiger partial charge on any atom is -0.424 e. The Balaban J connectivity index is 1.41. The van der Waals surface area contributed by atoms with Gasteiger partial charge in [-0.2, -0.15) is 0 Å². The summed E-state index contributed by atoms with van der Waals surface area (Å²) >= 11 is 0. The lowest BCUT2D eigenvalue weighted by atomic mass is 10.3. The van der Waals surface area contributed by atoms with Crippen molar-refractivity contribution in [1.82, 2.24) is 29.6 Å². The van der Waals surface area contributed by atoms with E-state index in [0.717, 1.165) is 43.6 Å². The summed E-state index contributed by atoms with van der Waals surface area (Å²) in [7, 11) is 0. The van der Waals surface area contributed by atoms with Gasteiger partial charge in [-0.15, -0.1) is 10.2 Å². The summed E-state index contributed by atoms with van der Waals surface area (Å²) in [6.45, 7) is 8.23. The summed E-state index contributed by atoms with van der Waals surface area (Å²) < 4.78 is 7.47. The average Bonchev–Trinajstić information content (AvgIpc) is 3.24. The summed E-state index contributed by atoms with van der Waals surface area (Å²) in [5, 5.41) is 7.96. The van der Waals surface area contributed by atoms with Crippen LogP contribution in [-0.4, -0.2) is 55.8 Å². The number of aryl methyl sites for hydroxylation is 2. The third kappa shape index (κ3) is 3.39. The molecule has 0 aromatic carbocycles. The minimum absolute atomic E-state index is 0.615. The quantitative estimate of drug-likeness (QED) is 0.714. The van der Waals surface area contributed by atoms with Crippen molar-refractivity contribution < 1.29 is 4.42 Å². The first kappa shape index (κ1) is 15.8. The number of nitrogens with zero attached hydrogens (tertiary/aromatic N) is 7. The zero-order valence-corrected chi connectivity index (χ0v) is 14.5. The lowest BCUT2D eigenvalue weighted by Crippen LogP contribution is -2.46. The van der Waals surface area contributed by atoms with Gasteiger partial charge >= 0.3 is 0 Å². The number of hydrogen-bond acceptors (Lipinski definition) is 7. The molecule has 4 heterocycles. The van der Waals surface area contributed by atoms with Crippen molar-refractivity contribution in [2.75, 3.05) is 31.1 Å². The second-order valence-electron chi connectivity index (χ2n) is 6.18.